The van der Waals surface area contributed by atoms with E-state index in [0.717, 1.165) is 47.9 Å². The van der Waals surface area contributed by atoms with E-state index in [-0.39, 0.29) is 35.5 Å². The van der Waals surface area contributed by atoms with E-state index in [2.05, 4.69) is 31.0 Å². The molecule has 1 aromatic heterocycles. The van der Waals surface area contributed by atoms with Crippen molar-refractivity contribution in [2.24, 2.45) is 11.3 Å². The number of carbonyl (C=O) groups excluding carboxylic acids is 1. The monoisotopic (exact) mass is 577 g/mol. The molecule has 3 atom stereocenters. The maximum atomic E-state index is 16.0. The van der Waals surface area contributed by atoms with Gasteiger partial charge >= 0.3 is 5.97 Å². The summed E-state index contributed by atoms with van der Waals surface area (Å²) >= 11 is 6.64. The molecule has 2 aromatic carbocycles. The van der Waals surface area contributed by atoms with Gasteiger partial charge in [0.1, 0.15) is 6.61 Å². The van der Waals surface area contributed by atoms with Crippen molar-refractivity contribution in [3.8, 4) is 22.8 Å². The lowest BCUT2D eigenvalue weighted by Crippen LogP contribution is -2.17. The third kappa shape index (κ3) is 4.88. The van der Waals surface area contributed by atoms with Crippen LogP contribution in [0.4, 0.5) is 4.39 Å². The summed E-state index contributed by atoms with van der Waals surface area (Å²) in [6.45, 7) is 7.02. The zero-order valence-corrected chi connectivity index (χ0v) is 24.9. The van der Waals surface area contributed by atoms with Crippen molar-refractivity contribution in [2.75, 3.05) is 13.7 Å². The Bertz CT molecular complexity index is 1500. The zero-order chi connectivity index (χ0) is 28.9. The molecule has 1 spiro atoms. The first-order chi connectivity index (χ1) is 19.7. The second-order valence-corrected chi connectivity index (χ2v) is 12.8. The Morgan fingerprint density at radius 3 is 2.71 bits per heavy atom. The Morgan fingerprint density at radius 2 is 1.98 bits per heavy atom. The molecule has 3 aliphatic carbocycles. The quantitative estimate of drug-likeness (QED) is 0.253. The van der Waals surface area contributed by atoms with Gasteiger partial charge in [0.25, 0.3) is 0 Å². The lowest BCUT2D eigenvalue weighted by Gasteiger charge is -2.30. The van der Waals surface area contributed by atoms with Crippen LogP contribution in [0.3, 0.4) is 0 Å². The van der Waals surface area contributed by atoms with Crippen LogP contribution in [-0.2, 0) is 28.0 Å². The van der Waals surface area contributed by atoms with Gasteiger partial charge in [-0.3, -0.25) is 4.79 Å². The highest BCUT2D eigenvalue weighted by Gasteiger charge is 2.63. The molecule has 6 rings (SSSR count). The van der Waals surface area contributed by atoms with Crippen LogP contribution in [0.2, 0.25) is 5.02 Å². The summed E-state index contributed by atoms with van der Waals surface area (Å²) < 4.78 is 32.7. The number of pyridine rings is 1. The van der Waals surface area contributed by atoms with Crippen molar-refractivity contribution in [3.63, 3.8) is 0 Å². The molecule has 0 N–H and O–H groups in total. The SMILES string of the molecule is CCOC(=O)C1CC12CCc1ccc(OCc3ccc(-c4cc(OC)ncc4Cl)c(C4CCCC4(C)C)c3)c(F)c12. The molecule has 0 radical (unpaired) electrons. The fourth-order valence-corrected chi connectivity index (χ4v) is 7.59. The summed E-state index contributed by atoms with van der Waals surface area (Å²) in [5.74, 6) is 0.264. The van der Waals surface area contributed by atoms with Crippen LogP contribution < -0.4 is 9.47 Å². The first-order valence-corrected chi connectivity index (χ1v) is 15.0. The van der Waals surface area contributed by atoms with E-state index in [1.54, 1.807) is 26.3 Å². The number of benzene rings is 2. The number of nitrogens with zero attached hydrogens (tertiary/aromatic N) is 1. The fraction of sp³-hybridized carbons (Fsp3) is 0.471. The van der Waals surface area contributed by atoms with Crippen molar-refractivity contribution < 1.29 is 23.4 Å². The van der Waals surface area contributed by atoms with Crippen molar-refractivity contribution in [2.45, 2.75) is 77.2 Å². The van der Waals surface area contributed by atoms with Gasteiger partial charge in [-0.2, -0.15) is 0 Å². The number of aryl methyl sites for hydroxylation is 1. The number of carbonyl (C=O) groups is 1. The lowest BCUT2D eigenvalue weighted by atomic mass is 9.75. The lowest BCUT2D eigenvalue weighted by molar-refractivity contribution is -0.145. The third-order valence-electron chi connectivity index (χ3n) is 9.65. The van der Waals surface area contributed by atoms with Gasteiger partial charge in [-0.1, -0.05) is 56.1 Å². The smallest absolute Gasteiger partial charge is 0.309 e. The van der Waals surface area contributed by atoms with Crippen molar-refractivity contribution in [3.05, 3.63) is 75.7 Å². The van der Waals surface area contributed by atoms with Crippen LogP contribution in [0.15, 0.2) is 42.6 Å². The summed E-state index contributed by atoms with van der Waals surface area (Å²) in [6, 6.07) is 11.9. The average molecular weight is 578 g/mol. The molecule has 216 valence electrons. The molecule has 2 saturated carbocycles. The standard InChI is InChI=1S/C34H37ClFNO4/c1-5-40-32(38)26-17-34(26)14-12-21-9-11-28(31(36)30(21)34)41-19-20-8-10-22(24-16-29(39-4)37-18-27(24)35)23(15-20)25-7-6-13-33(25,2)3/h8-11,15-16,18,25-26H,5-7,12-14,17,19H2,1-4H3. The molecule has 1 heterocycles. The predicted octanol–water partition coefficient (Wildman–Crippen LogP) is 8.19. The number of halogens is 2. The second-order valence-electron chi connectivity index (χ2n) is 12.4. The molecule has 3 aromatic rings. The summed E-state index contributed by atoms with van der Waals surface area (Å²) in [5.41, 5.74) is 5.44. The molecule has 0 saturated heterocycles. The molecule has 0 aliphatic heterocycles. The molecule has 0 bridgehead atoms. The third-order valence-corrected chi connectivity index (χ3v) is 9.95. The Balaban J connectivity index is 1.30. The summed E-state index contributed by atoms with van der Waals surface area (Å²) in [5, 5.41) is 0.571. The molecule has 3 aliphatic rings. The van der Waals surface area contributed by atoms with Crippen LogP contribution in [0.1, 0.15) is 81.0 Å². The van der Waals surface area contributed by atoms with E-state index in [1.807, 2.05) is 18.2 Å². The highest BCUT2D eigenvalue weighted by atomic mass is 35.5. The Labute approximate surface area is 246 Å². The van der Waals surface area contributed by atoms with Gasteiger partial charge in [-0.05, 0) is 78.7 Å². The van der Waals surface area contributed by atoms with Crippen molar-refractivity contribution >= 4 is 17.6 Å². The van der Waals surface area contributed by atoms with Gasteiger partial charge in [0.05, 0.1) is 30.9 Å². The minimum atomic E-state index is -0.446. The van der Waals surface area contributed by atoms with E-state index >= 15 is 4.39 Å². The Morgan fingerprint density at radius 1 is 1.15 bits per heavy atom. The number of hydrogen-bond donors (Lipinski definition) is 0. The summed E-state index contributed by atoms with van der Waals surface area (Å²) in [6.07, 6.45) is 7.23. The van der Waals surface area contributed by atoms with Crippen LogP contribution in [0.25, 0.3) is 11.1 Å². The van der Waals surface area contributed by atoms with Gasteiger partial charge in [-0.25, -0.2) is 9.37 Å². The van der Waals surface area contributed by atoms with E-state index in [9.17, 15) is 4.79 Å². The van der Waals surface area contributed by atoms with E-state index in [1.165, 1.54) is 12.0 Å². The van der Waals surface area contributed by atoms with Crippen LogP contribution in [0.5, 0.6) is 11.6 Å². The number of aromatic nitrogens is 1. The Hall–Kier alpha value is -3.12. The fourth-order valence-electron chi connectivity index (χ4n) is 7.38. The van der Waals surface area contributed by atoms with Gasteiger partial charge in [0.15, 0.2) is 11.6 Å². The molecular formula is C34H37ClFNO4. The van der Waals surface area contributed by atoms with E-state index in [0.29, 0.717) is 35.4 Å². The molecular weight excluding hydrogens is 541 g/mol. The summed E-state index contributed by atoms with van der Waals surface area (Å²) in [7, 11) is 1.60. The van der Waals surface area contributed by atoms with E-state index in [4.69, 9.17) is 25.8 Å². The summed E-state index contributed by atoms with van der Waals surface area (Å²) in [4.78, 5) is 16.7. The van der Waals surface area contributed by atoms with Gasteiger partial charge in [0.2, 0.25) is 5.88 Å². The van der Waals surface area contributed by atoms with Gasteiger partial charge in [0, 0.05) is 22.6 Å². The molecule has 7 heteroatoms. The average Bonchev–Trinajstić information content (AvgIpc) is 3.40. The van der Waals surface area contributed by atoms with Crippen LogP contribution >= 0.6 is 11.6 Å². The topological polar surface area (TPSA) is 57.7 Å². The van der Waals surface area contributed by atoms with E-state index < -0.39 is 5.41 Å². The minimum Gasteiger partial charge on any atom is -0.486 e. The number of hydrogen-bond acceptors (Lipinski definition) is 5. The van der Waals surface area contributed by atoms with Crippen molar-refractivity contribution in [1.29, 1.82) is 0 Å². The number of esters is 1. The molecule has 0 amide bonds. The maximum Gasteiger partial charge on any atom is 0.309 e. The minimum absolute atomic E-state index is 0.137. The van der Waals surface area contributed by atoms with Crippen molar-refractivity contribution in [1.82, 2.24) is 4.98 Å². The van der Waals surface area contributed by atoms with Crippen LogP contribution in [0, 0.1) is 17.2 Å². The molecule has 41 heavy (non-hydrogen) atoms. The maximum absolute atomic E-state index is 16.0. The molecule has 3 unspecified atom stereocenters. The zero-order valence-electron chi connectivity index (χ0n) is 24.2. The number of fused-ring (bicyclic) bond motifs is 2. The van der Waals surface area contributed by atoms with Crippen LogP contribution in [-0.4, -0.2) is 24.7 Å². The first kappa shape index (κ1) is 28.0. The second kappa shape index (κ2) is 10.6. The highest BCUT2D eigenvalue weighted by Crippen LogP contribution is 2.63. The molecule has 5 nitrogen and oxygen atoms in total. The largest absolute Gasteiger partial charge is 0.486 e. The van der Waals surface area contributed by atoms with Gasteiger partial charge < -0.3 is 14.2 Å². The number of ether oxygens (including phenoxy) is 3. The normalized spacial score (nSPS) is 23.9. The molecule has 2 fully saturated rings. The number of rotatable bonds is 8. The first-order valence-electron chi connectivity index (χ1n) is 14.6. The highest BCUT2D eigenvalue weighted by molar-refractivity contribution is 6.33. The van der Waals surface area contributed by atoms with Gasteiger partial charge in [-0.15, -0.1) is 0 Å². The Kier molecular flexibility index (Phi) is 7.25. The number of methoxy groups -OCH3 is 1. The predicted molar refractivity (Wildman–Crippen MR) is 157 cm³/mol.